The molecule has 3 rings (SSSR count). The van der Waals surface area contributed by atoms with Gasteiger partial charge >= 0.3 is 0 Å². The molecule has 0 bridgehead atoms. The van der Waals surface area contributed by atoms with Crippen LogP contribution >= 0.6 is 28.1 Å². The fourth-order valence-electron chi connectivity index (χ4n) is 2.74. The number of ether oxygens (including phenoxy) is 1. The first-order valence-corrected chi connectivity index (χ1v) is 10.3. The van der Waals surface area contributed by atoms with E-state index in [4.69, 9.17) is 17.0 Å². The van der Waals surface area contributed by atoms with Crippen molar-refractivity contribution in [2.75, 3.05) is 11.9 Å². The van der Waals surface area contributed by atoms with Crippen molar-refractivity contribution in [1.29, 1.82) is 5.26 Å². The van der Waals surface area contributed by atoms with Gasteiger partial charge in [0.2, 0.25) is 0 Å². The largest absolute Gasteiger partial charge is 0.492 e. The van der Waals surface area contributed by atoms with Crippen LogP contribution in [-0.4, -0.2) is 17.6 Å². The van der Waals surface area contributed by atoms with Gasteiger partial charge in [-0.25, -0.2) is 0 Å². The predicted octanol–water partition coefficient (Wildman–Crippen LogP) is 5.07. The number of thiocarbonyl (C=S) groups is 1. The Labute approximate surface area is 188 Å². The minimum atomic E-state index is -0.405. The molecule has 0 spiro atoms. The molecule has 0 atom stereocenters. The van der Waals surface area contributed by atoms with Crippen LogP contribution in [-0.2, 0) is 6.42 Å². The number of anilines is 1. The Bertz CT molecular complexity index is 1100. The maximum Gasteiger partial charge on any atom is 0.261 e. The molecule has 0 fully saturated rings. The second kappa shape index (κ2) is 10.5. The molecule has 0 aliphatic heterocycles. The number of hydrogen-bond donors (Lipinski definition) is 2. The number of carbonyl (C=O) groups excluding carboxylic acids is 1. The zero-order valence-electron chi connectivity index (χ0n) is 15.9. The van der Waals surface area contributed by atoms with Gasteiger partial charge in [0, 0.05) is 10.9 Å². The molecular weight excluding hydrogens is 462 g/mol. The molecule has 7 heteroatoms. The standard InChI is InChI=1S/C23H18BrN3O2S/c24-18-10-11-21(29-13-12-16-6-2-1-3-7-16)19(14-18)22(28)27-23(30)26-20-9-5-4-8-17(20)15-25/h1-11,14H,12-13H2,(H2,26,27,28,30). The summed E-state index contributed by atoms with van der Waals surface area (Å²) < 4.78 is 6.61. The molecule has 0 unspecified atom stereocenters. The zero-order chi connectivity index (χ0) is 21.3. The average molecular weight is 480 g/mol. The van der Waals surface area contributed by atoms with E-state index >= 15 is 0 Å². The normalized spacial score (nSPS) is 10.0. The molecule has 0 aromatic heterocycles. The summed E-state index contributed by atoms with van der Waals surface area (Å²) in [5, 5.41) is 14.8. The Kier molecular flexibility index (Phi) is 7.55. The fourth-order valence-corrected chi connectivity index (χ4v) is 3.31. The van der Waals surface area contributed by atoms with Crippen LogP contribution in [0.15, 0.2) is 77.3 Å². The molecule has 5 nitrogen and oxygen atoms in total. The van der Waals surface area contributed by atoms with Crippen molar-refractivity contribution in [1.82, 2.24) is 5.32 Å². The number of nitrogens with one attached hydrogen (secondary N) is 2. The lowest BCUT2D eigenvalue weighted by molar-refractivity contribution is 0.0973. The molecule has 0 aliphatic rings. The summed E-state index contributed by atoms with van der Waals surface area (Å²) in [5.41, 5.74) is 2.47. The lowest BCUT2D eigenvalue weighted by Gasteiger charge is -2.14. The van der Waals surface area contributed by atoms with E-state index < -0.39 is 5.91 Å². The van der Waals surface area contributed by atoms with E-state index in [1.807, 2.05) is 36.4 Å². The fraction of sp³-hybridized carbons (Fsp3) is 0.0870. The third-order valence-electron chi connectivity index (χ3n) is 4.20. The van der Waals surface area contributed by atoms with Crippen molar-refractivity contribution < 1.29 is 9.53 Å². The molecule has 3 aromatic rings. The Morgan fingerprint density at radius 1 is 1.07 bits per heavy atom. The Morgan fingerprint density at radius 2 is 1.80 bits per heavy atom. The average Bonchev–Trinajstić information content (AvgIpc) is 2.75. The number of benzene rings is 3. The second-order valence-corrected chi connectivity index (χ2v) is 7.61. The Morgan fingerprint density at radius 3 is 2.57 bits per heavy atom. The highest BCUT2D eigenvalue weighted by atomic mass is 79.9. The van der Waals surface area contributed by atoms with Gasteiger partial charge in [-0.05, 0) is 48.1 Å². The molecule has 0 aliphatic carbocycles. The Balaban J connectivity index is 1.66. The van der Waals surface area contributed by atoms with Gasteiger partial charge in [0.05, 0.1) is 23.4 Å². The number of amides is 1. The summed E-state index contributed by atoms with van der Waals surface area (Å²) in [6.45, 7) is 0.435. The van der Waals surface area contributed by atoms with E-state index in [2.05, 4.69) is 32.6 Å². The number of para-hydroxylation sites is 1. The lowest BCUT2D eigenvalue weighted by Crippen LogP contribution is -2.34. The Hall–Kier alpha value is -3.21. The summed E-state index contributed by atoms with van der Waals surface area (Å²) >= 11 is 8.63. The van der Waals surface area contributed by atoms with Crippen molar-refractivity contribution in [3.63, 3.8) is 0 Å². The van der Waals surface area contributed by atoms with Crippen LogP contribution < -0.4 is 15.4 Å². The van der Waals surface area contributed by atoms with E-state index in [1.165, 1.54) is 0 Å². The number of rotatable bonds is 6. The van der Waals surface area contributed by atoms with Gasteiger partial charge in [0.25, 0.3) is 5.91 Å². The maximum atomic E-state index is 12.8. The van der Waals surface area contributed by atoms with Gasteiger partial charge < -0.3 is 10.1 Å². The molecule has 0 saturated carbocycles. The van der Waals surface area contributed by atoms with Gasteiger partial charge in [0.15, 0.2) is 5.11 Å². The number of halogens is 1. The van der Waals surface area contributed by atoms with E-state index in [1.54, 1.807) is 36.4 Å². The summed E-state index contributed by atoms with van der Waals surface area (Å²) in [6, 6.07) is 24.2. The van der Waals surface area contributed by atoms with E-state index in [9.17, 15) is 10.1 Å². The topological polar surface area (TPSA) is 74.2 Å². The molecule has 0 saturated heterocycles. The van der Waals surface area contributed by atoms with Crippen LogP contribution in [0.2, 0.25) is 0 Å². The summed E-state index contributed by atoms with van der Waals surface area (Å²) in [7, 11) is 0. The highest BCUT2D eigenvalue weighted by Gasteiger charge is 2.15. The van der Waals surface area contributed by atoms with Crippen LogP contribution in [0.25, 0.3) is 0 Å². The molecule has 0 heterocycles. The first-order chi connectivity index (χ1) is 14.6. The first kappa shape index (κ1) is 21.5. The first-order valence-electron chi connectivity index (χ1n) is 9.14. The second-order valence-electron chi connectivity index (χ2n) is 6.29. The van der Waals surface area contributed by atoms with Crippen LogP contribution in [0.1, 0.15) is 21.5 Å². The minimum Gasteiger partial charge on any atom is -0.492 e. The van der Waals surface area contributed by atoms with Crippen molar-refractivity contribution in [3.05, 3.63) is 94.0 Å². The van der Waals surface area contributed by atoms with Gasteiger partial charge in [-0.3, -0.25) is 10.1 Å². The number of nitrogens with zero attached hydrogens (tertiary/aromatic N) is 1. The van der Waals surface area contributed by atoms with E-state index in [0.29, 0.717) is 29.2 Å². The molecule has 3 aromatic carbocycles. The van der Waals surface area contributed by atoms with E-state index in [0.717, 1.165) is 16.5 Å². The van der Waals surface area contributed by atoms with Crippen molar-refractivity contribution >= 4 is 44.9 Å². The van der Waals surface area contributed by atoms with Gasteiger partial charge in [-0.2, -0.15) is 5.26 Å². The number of carbonyl (C=O) groups is 1. The van der Waals surface area contributed by atoms with E-state index in [-0.39, 0.29) is 5.11 Å². The highest BCUT2D eigenvalue weighted by Crippen LogP contribution is 2.24. The summed E-state index contributed by atoms with van der Waals surface area (Å²) in [5.74, 6) is 0.0600. The van der Waals surface area contributed by atoms with Crippen molar-refractivity contribution in [3.8, 4) is 11.8 Å². The smallest absolute Gasteiger partial charge is 0.261 e. The monoisotopic (exact) mass is 479 g/mol. The minimum absolute atomic E-state index is 0.0953. The quantitative estimate of drug-likeness (QED) is 0.482. The molecular formula is C23H18BrN3O2S. The van der Waals surface area contributed by atoms with Gasteiger partial charge in [-0.1, -0.05) is 58.4 Å². The molecule has 0 radical (unpaired) electrons. The molecule has 1 amide bonds. The van der Waals surface area contributed by atoms with Gasteiger partial charge in [-0.15, -0.1) is 0 Å². The van der Waals surface area contributed by atoms with Crippen molar-refractivity contribution in [2.24, 2.45) is 0 Å². The zero-order valence-corrected chi connectivity index (χ0v) is 18.3. The summed E-state index contributed by atoms with van der Waals surface area (Å²) in [4.78, 5) is 12.8. The molecule has 2 N–H and O–H groups in total. The van der Waals surface area contributed by atoms with Crippen LogP contribution in [0, 0.1) is 11.3 Å². The maximum absolute atomic E-state index is 12.8. The third kappa shape index (κ3) is 5.89. The number of hydrogen-bond acceptors (Lipinski definition) is 4. The van der Waals surface area contributed by atoms with Crippen molar-refractivity contribution in [2.45, 2.75) is 6.42 Å². The van der Waals surface area contributed by atoms with Gasteiger partial charge in [0.1, 0.15) is 11.8 Å². The molecule has 30 heavy (non-hydrogen) atoms. The third-order valence-corrected chi connectivity index (χ3v) is 4.90. The molecule has 150 valence electrons. The number of nitriles is 1. The SMILES string of the molecule is N#Cc1ccccc1NC(=S)NC(=O)c1cc(Br)ccc1OCCc1ccccc1. The summed E-state index contributed by atoms with van der Waals surface area (Å²) in [6.07, 6.45) is 0.725. The highest BCUT2D eigenvalue weighted by molar-refractivity contribution is 9.10. The van der Waals surface area contributed by atoms with Crippen LogP contribution in [0.5, 0.6) is 5.75 Å². The van der Waals surface area contributed by atoms with Crippen LogP contribution in [0.3, 0.4) is 0 Å². The lowest BCUT2D eigenvalue weighted by atomic mass is 10.1. The predicted molar refractivity (Wildman–Crippen MR) is 125 cm³/mol. The van der Waals surface area contributed by atoms with Crippen LogP contribution in [0.4, 0.5) is 5.69 Å².